The van der Waals surface area contributed by atoms with Crippen molar-refractivity contribution in [3.8, 4) is 0 Å². The van der Waals surface area contributed by atoms with Crippen LogP contribution in [0.4, 0.5) is 0 Å². The van der Waals surface area contributed by atoms with Crippen molar-refractivity contribution in [3.05, 3.63) is 41.5 Å². The molecule has 0 fully saturated rings. The van der Waals surface area contributed by atoms with Crippen molar-refractivity contribution in [2.45, 2.75) is 13.8 Å². The van der Waals surface area contributed by atoms with Crippen LogP contribution in [0, 0.1) is 13.8 Å². The molecule has 0 aliphatic heterocycles. The fraction of sp³-hybridized carbons (Fsp3) is 0.200. The van der Waals surface area contributed by atoms with Crippen molar-refractivity contribution in [2.24, 2.45) is 5.84 Å². The number of hydrogen-bond acceptors (Lipinski definition) is 2. The van der Waals surface area contributed by atoms with E-state index in [-0.39, 0.29) is 0 Å². The molecule has 0 aliphatic carbocycles. The summed E-state index contributed by atoms with van der Waals surface area (Å²) in [6, 6.07) is 6.18. The normalized spacial score (nSPS) is 9.58. The molecule has 0 saturated heterocycles. The first-order valence-electron chi connectivity index (χ1n) is 3.88. The summed E-state index contributed by atoms with van der Waals surface area (Å²) >= 11 is 0. The second-order valence-corrected chi connectivity index (χ2v) is 2.94. The summed E-state index contributed by atoms with van der Waals surface area (Å²) in [5.41, 5.74) is 6.82. The molecular formula is C10H14N2. The molecule has 2 nitrogen and oxygen atoms in total. The van der Waals surface area contributed by atoms with Crippen LogP contribution in [0.3, 0.4) is 0 Å². The molecule has 0 saturated carbocycles. The van der Waals surface area contributed by atoms with Gasteiger partial charge in [0, 0.05) is 11.3 Å². The van der Waals surface area contributed by atoms with E-state index >= 15 is 0 Å². The van der Waals surface area contributed by atoms with Crippen LogP contribution in [-0.4, -0.2) is 0 Å². The average Bonchev–Trinajstić information content (AvgIpc) is 2.03. The van der Waals surface area contributed by atoms with Gasteiger partial charge in [0.1, 0.15) is 0 Å². The van der Waals surface area contributed by atoms with Gasteiger partial charge in [0.25, 0.3) is 0 Å². The van der Waals surface area contributed by atoms with E-state index in [1.165, 1.54) is 11.1 Å². The maximum atomic E-state index is 5.26. The zero-order valence-electron chi connectivity index (χ0n) is 7.52. The molecule has 0 aromatic heterocycles. The average molecular weight is 162 g/mol. The first-order chi connectivity index (χ1) is 5.65. The molecule has 0 spiro atoms. The lowest BCUT2D eigenvalue weighted by atomic mass is 10.0. The van der Waals surface area contributed by atoms with E-state index in [0.717, 1.165) is 11.3 Å². The molecule has 12 heavy (non-hydrogen) atoms. The number of aryl methyl sites for hydroxylation is 2. The van der Waals surface area contributed by atoms with Crippen molar-refractivity contribution in [1.29, 1.82) is 0 Å². The first-order valence-corrected chi connectivity index (χ1v) is 3.88. The monoisotopic (exact) mass is 162 g/mol. The minimum Gasteiger partial charge on any atom is -0.324 e. The van der Waals surface area contributed by atoms with E-state index in [4.69, 9.17) is 5.84 Å². The highest BCUT2D eigenvalue weighted by Gasteiger charge is 2.00. The lowest BCUT2D eigenvalue weighted by Crippen LogP contribution is -2.19. The van der Waals surface area contributed by atoms with Gasteiger partial charge in [0.05, 0.1) is 0 Å². The number of nitrogens with two attached hydrogens (primary N) is 1. The van der Waals surface area contributed by atoms with E-state index in [9.17, 15) is 0 Å². The Bertz CT molecular complexity index is 303. The lowest BCUT2D eigenvalue weighted by Gasteiger charge is -2.08. The number of rotatable bonds is 2. The summed E-state index contributed by atoms with van der Waals surface area (Å²) in [5, 5.41) is 0. The molecule has 0 aliphatic rings. The quantitative estimate of drug-likeness (QED) is 0.513. The van der Waals surface area contributed by atoms with Gasteiger partial charge in [-0.15, -0.1) is 0 Å². The van der Waals surface area contributed by atoms with Crippen molar-refractivity contribution in [3.63, 3.8) is 0 Å². The third-order valence-corrected chi connectivity index (χ3v) is 1.88. The maximum absolute atomic E-state index is 5.26. The van der Waals surface area contributed by atoms with Crippen molar-refractivity contribution in [2.75, 3.05) is 0 Å². The zero-order valence-corrected chi connectivity index (χ0v) is 7.52. The lowest BCUT2D eigenvalue weighted by molar-refractivity contribution is 0.992. The molecule has 1 rings (SSSR count). The molecule has 0 unspecified atom stereocenters. The van der Waals surface area contributed by atoms with Crippen molar-refractivity contribution in [1.82, 2.24) is 5.43 Å². The fourth-order valence-electron chi connectivity index (χ4n) is 1.23. The van der Waals surface area contributed by atoms with Gasteiger partial charge in [-0.3, -0.25) is 5.84 Å². The summed E-state index contributed by atoms with van der Waals surface area (Å²) in [6.07, 6.45) is 0. The third kappa shape index (κ3) is 1.66. The Hall–Kier alpha value is -1.28. The highest BCUT2D eigenvalue weighted by molar-refractivity contribution is 5.64. The topological polar surface area (TPSA) is 38.0 Å². The molecule has 1 aromatic rings. The molecule has 0 heterocycles. The Morgan fingerprint density at radius 2 is 2.08 bits per heavy atom. The maximum Gasteiger partial charge on any atom is 0.0488 e. The van der Waals surface area contributed by atoms with Crippen LogP contribution in [0.5, 0.6) is 0 Å². The van der Waals surface area contributed by atoms with Crippen LogP contribution >= 0.6 is 0 Å². The van der Waals surface area contributed by atoms with Crippen LogP contribution in [0.2, 0.25) is 0 Å². The van der Waals surface area contributed by atoms with Crippen LogP contribution in [0.15, 0.2) is 24.8 Å². The largest absolute Gasteiger partial charge is 0.324 e. The highest BCUT2D eigenvalue weighted by atomic mass is 15.2. The number of hydrogen-bond donors (Lipinski definition) is 2. The van der Waals surface area contributed by atoms with E-state index in [1.807, 2.05) is 19.1 Å². The Morgan fingerprint density at radius 3 is 2.58 bits per heavy atom. The van der Waals surface area contributed by atoms with Crippen molar-refractivity contribution < 1.29 is 0 Å². The highest BCUT2D eigenvalue weighted by Crippen LogP contribution is 2.15. The first kappa shape index (κ1) is 8.81. The van der Waals surface area contributed by atoms with Gasteiger partial charge in [-0.05, 0) is 19.4 Å². The smallest absolute Gasteiger partial charge is 0.0488 e. The van der Waals surface area contributed by atoms with E-state index in [2.05, 4.69) is 25.0 Å². The predicted molar refractivity (Wildman–Crippen MR) is 52.3 cm³/mol. The molecule has 0 amide bonds. The Labute approximate surface area is 73.1 Å². The summed E-state index contributed by atoms with van der Waals surface area (Å²) in [7, 11) is 0. The van der Waals surface area contributed by atoms with Crippen LogP contribution < -0.4 is 11.3 Å². The molecule has 0 atom stereocenters. The van der Waals surface area contributed by atoms with Gasteiger partial charge in [0.2, 0.25) is 0 Å². The summed E-state index contributed by atoms with van der Waals surface area (Å²) in [4.78, 5) is 0. The van der Waals surface area contributed by atoms with Crippen LogP contribution in [0.1, 0.15) is 16.7 Å². The van der Waals surface area contributed by atoms with Gasteiger partial charge in [-0.1, -0.05) is 30.3 Å². The molecule has 1 aromatic carbocycles. The number of nitrogens with one attached hydrogen (secondary N) is 1. The van der Waals surface area contributed by atoms with E-state index < -0.39 is 0 Å². The Kier molecular flexibility index (Phi) is 2.51. The van der Waals surface area contributed by atoms with Gasteiger partial charge in [-0.2, -0.15) is 0 Å². The summed E-state index contributed by atoms with van der Waals surface area (Å²) < 4.78 is 0. The molecular weight excluding hydrogens is 148 g/mol. The van der Waals surface area contributed by atoms with E-state index in [1.54, 1.807) is 0 Å². The standard InChI is InChI=1S/C10H14N2/c1-7-4-5-10(8(2)6-7)9(3)12-11/h4-6,12H,3,11H2,1-2H3. The predicted octanol–water partition coefficient (Wildman–Crippen LogP) is 1.74. The number of benzene rings is 1. The molecule has 0 bridgehead atoms. The van der Waals surface area contributed by atoms with Gasteiger partial charge < -0.3 is 5.43 Å². The summed E-state index contributed by atoms with van der Waals surface area (Å²) in [6.45, 7) is 7.91. The van der Waals surface area contributed by atoms with Crippen molar-refractivity contribution >= 4 is 5.70 Å². The fourth-order valence-corrected chi connectivity index (χ4v) is 1.23. The zero-order chi connectivity index (χ0) is 9.14. The van der Waals surface area contributed by atoms with E-state index in [0.29, 0.717) is 0 Å². The second kappa shape index (κ2) is 3.41. The summed E-state index contributed by atoms with van der Waals surface area (Å²) in [5.74, 6) is 5.26. The van der Waals surface area contributed by atoms with Crippen LogP contribution in [0.25, 0.3) is 5.70 Å². The Balaban J connectivity index is 3.09. The van der Waals surface area contributed by atoms with Gasteiger partial charge in [-0.25, -0.2) is 0 Å². The van der Waals surface area contributed by atoms with Gasteiger partial charge in [0.15, 0.2) is 0 Å². The third-order valence-electron chi connectivity index (χ3n) is 1.88. The minimum atomic E-state index is 0.757. The second-order valence-electron chi connectivity index (χ2n) is 2.94. The molecule has 0 radical (unpaired) electrons. The molecule has 2 heteroatoms. The SMILES string of the molecule is C=C(NN)c1ccc(C)cc1C. The van der Waals surface area contributed by atoms with Gasteiger partial charge >= 0.3 is 0 Å². The number of hydrazine groups is 1. The molecule has 64 valence electrons. The molecule has 3 N–H and O–H groups in total. The van der Waals surface area contributed by atoms with Crippen LogP contribution in [-0.2, 0) is 0 Å². The minimum absolute atomic E-state index is 0.757. The Morgan fingerprint density at radius 1 is 1.42 bits per heavy atom.